The Morgan fingerprint density at radius 1 is 1.17 bits per heavy atom. The van der Waals surface area contributed by atoms with E-state index >= 15 is 0 Å². The monoisotopic (exact) mass is 510 g/mol. The zero-order chi connectivity index (χ0) is 19.6. The Labute approximate surface area is 190 Å². The Morgan fingerprint density at radius 2 is 1.93 bits per heavy atom. The molecule has 0 saturated carbocycles. The zero-order valence-corrected chi connectivity index (χ0v) is 19.5. The van der Waals surface area contributed by atoms with Crippen LogP contribution in [0.25, 0.3) is 0 Å². The van der Waals surface area contributed by atoms with Gasteiger partial charge in [-0.1, -0.05) is 36.4 Å². The highest BCUT2D eigenvalue weighted by Crippen LogP contribution is 2.17. The summed E-state index contributed by atoms with van der Waals surface area (Å²) in [6.07, 6.45) is 4.20. The molecule has 1 saturated heterocycles. The number of nitrogens with one attached hydrogen (secondary N) is 1. The van der Waals surface area contributed by atoms with Gasteiger partial charge in [-0.2, -0.15) is 0 Å². The lowest BCUT2D eigenvalue weighted by Crippen LogP contribution is -2.46. The zero-order valence-electron chi connectivity index (χ0n) is 17.2. The van der Waals surface area contributed by atoms with Crippen LogP contribution in [0.1, 0.15) is 30.9 Å². The maximum Gasteiger partial charge on any atom is 0.218 e. The SMILES string of the molecule is CCOC1CCN(C(=NC)NCc2cccnc2OCc2ccccc2)CC1.I. The topological polar surface area (TPSA) is 59.0 Å². The van der Waals surface area contributed by atoms with Crippen molar-refractivity contribution in [2.75, 3.05) is 26.7 Å². The second kappa shape index (κ2) is 12.6. The molecule has 6 nitrogen and oxygen atoms in total. The predicted molar refractivity (Wildman–Crippen MR) is 127 cm³/mol. The van der Waals surface area contributed by atoms with E-state index in [0.717, 1.165) is 49.6 Å². The lowest BCUT2D eigenvalue weighted by atomic mass is 10.1. The van der Waals surface area contributed by atoms with E-state index in [9.17, 15) is 0 Å². The number of pyridine rings is 1. The molecule has 0 aliphatic carbocycles. The fraction of sp³-hybridized carbons (Fsp3) is 0.455. The molecule has 7 heteroatoms. The van der Waals surface area contributed by atoms with Crippen molar-refractivity contribution >= 4 is 29.9 Å². The van der Waals surface area contributed by atoms with Crippen LogP contribution in [0.3, 0.4) is 0 Å². The maximum absolute atomic E-state index is 5.95. The standard InChI is InChI=1S/C22H30N4O2.HI/c1-3-27-20-11-14-26(15-12-20)22(23-2)25-16-19-10-7-13-24-21(19)28-17-18-8-5-4-6-9-18;/h4-10,13,20H,3,11-12,14-17H2,1-2H3,(H,23,25);1H. The molecule has 1 aliphatic heterocycles. The minimum absolute atomic E-state index is 0. The van der Waals surface area contributed by atoms with E-state index in [1.807, 2.05) is 37.4 Å². The molecule has 2 aromatic rings. The van der Waals surface area contributed by atoms with E-state index in [2.05, 4.69) is 39.2 Å². The number of nitrogens with zero attached hydrogens (tertiary/aromatic N) is 3. The summed E-state index contributed by atoms with van der Waals surface area (Å²) in [5, 5.41) is 3.46. The molecule has 29 heavy (non-hydrogen) atoms. The summed E-state index contributed by atoms with van der Waals surface area (Å²) in [7, 11) is 1.83. The van der Waals surface area contributed by atoms with Crippen LogP contribution in [0.4, 0.5) is 0 Å². The molecule has 0 unspecified atom stereocenters. The molecule has 1 fully saturated rings. The molecule has 1 aliphatic rings. The first-order valence-corrected chi connectivity index (χ1v) is 9.98. The van der Waals surface area contributed by atoms with Gasteiger partial charge in [0.2, 0.25) is 5.88 Å². The Hall–Kier alpha value is -1.87. The van der Waals surface area contributed by atoms with Crippen LogP contribution in [0, 0.1) is 0 Å². The van der Waals surface area contributed by atoms with Crippen molar-refractivity contribution in [3.63, 3.8) is 0 Å². The number of piperidine rings is 1. The van der Waals surface area contributed by atoms with Crippen molar-refractivity contribution in [3.8, 4) is 5.88 Å². The van der Waals surface area contributed by atoms with E-state index in [-0.39, 0.29) is 24.0 Å². The molecular weight excluding hydrogens is 479 g/mol. The lowest BCUT2D eigenvalue weighted by Gasteiger charge is -2.34. The Bertz CT molecular complexity index is 749. The first-order valence-electron chi connectivity index (χ1n) is 9.98. The van der Waals surface area contributed by atoms with Crippen molar-refractivity contribution in [2.45, 2.75) is 39.0 Å². The largest absolute Gasteiger partial charge is 0.473 e. The average molecular weight is 510 g/mol. The van der Waals surface area contributed by atoms with E-state index in [4.69, 9.17) is 9.47 Å². The Balaban J connectivity index is 0.00000300. The molecule has 1 aromatic heterocycles. The third-order valence-electron chi connectivity index (χ3n) is 4.86. The number of guanidine groups is 1. The molecule has 0 amide bonds. The van der Waals surface area contributed by atoms with Crippen molar-refractivity contribution in [1.82, 2.24) is 15.2 Å². The number of benzene rings is 1. The van der Waals surface area contributed by atoms with Gasteiger partial charge in [-0.05, 0) is 31.4 Å². The van der Waals surface area contributed by atoms with Gasteiger partial charge in [0.25, 0.3) is 0 Å². The fourth-order valence-electron chi connectivity index (χ4n) is 3.39. The van der Waals surface area contributed by atoms with Crippen molar-refractivity contribution in [2.24, 2.45) is 4.99 Å². The normalized spacial score (nSPS) is 15.0. The third-order valence-corrected chi connectivity index (χ3v) is 4.86. The molecule has 2 heterocycles. The number of aliphatic imine (C=N–C) groups is 1. The number of rotatable bonds is 7. The fourth-order valence-corrected chi connectivity index (χ4v) is 3.39. The van der Waals surface area contributed by atoms with E-state index < -0.39 is 0 Å². The highest BCUT2D eigenvalue weighted by Gasteiger charge is 2.21. The van der Waals surface area contributed by atoms with Crippen LogP contribution in [-0.4, -0.2) is 48.7 Å². The van der Waals surface area contributed by atoms with Crippen LogP contribution >= 0.6 is 24.0 Å². The van der Waals surface area contributed by atoms with Gasteiger partial charge in [-0.15, -0.1) is 24.0 Å². The molecule has 3 rings (SSSR count). The molecular formula is C22H31IN4O2. The van der Waals surface area contributed by atoms with Crippen LogP contribution in [-0.2, 0) is 17.9 Å². The maximum atomic E-state index is 5.95. The molecule has 0 bridgehead atoms. The lowest BCUT2D eigenvalue weighted by molar-refractivity contribution is 0.0263. The van der Waals surface area contributed by atoms with Crippen molar-refractivity contribution < 1.29 is 9.47 Å². The van der Waals surface area contributed by atoms with Crippen molar-refractivity contribution in [1.29, 1.82) is 0 Å². The number of hydrogen-bond donors (Lipinski definition) is 1. The van der Waals surface area contributed by atoms with Crippen LogP contribution < -0.4 is 10.1 Å². The van der Waals surface area contributed by atoms with Gasteiger partial charge < -0.3 is 19.7 Å². The summed E-state index contributed by atoms with van der Waals surface area (Å²) in [6.45, 7) is 5.87. The van der Waals surface area contributed by atoms with Crippen LogP contribution in [0.15, 0.2) is 53.7 Å². The Kier molecular flexibility index (Phi) is 10.2. The summed E-state index contributed by atoms with van der Waals surface area (Å²) in [5.41, 5.74) is 2.14. The van der Waals surface area contributed by atoms with Crippen molar-refractivity contribution in [3.05, 3.63) is 59.8 Å². The molecule has 0 spiro atoms. The average Bonchev–Trinajstić information content (AvgIpc) is 2.75. The van der Waals surface area contributed by atoms with Crippen LogP contribution in [0.2, 0.25) is 0 Å². The van der Waals surface area contributed by atoms with Gasteiger partial charge in [-0.3, -0.25) is 4.99 Å². The summed E-state index contributed by atoms with van der Waals surface area (Å²) in [6, 6.07) is 14.1. The highest BCUT2D eigenvalue weighted by molar-refractivity contribution is 14.0. The molecule has 158 valence electrons. The van der Waals surface area contributed by atoms with Gasteiger partial charge in [-0.25, -0.2) is 4.98 Å². The minimum Gasteiger partial charge on any atom is -0.473 e. The number of ether oxygens (including phenoxy) is 2. The third kappa shape index (κ3) is 7.15. The number of hydrogen-bond acceptors (Lipinski definition) is 4. The summed E-state index contributed by atoms with van der Waals surface area (Å²) in [5.74, 6) is 1.57. The van der Waals surface area contributed by atoms with E-state index in [0.29, 0.717) is 25.1 Å². The van der Waals surface area contributed by atoms with Gasteiger partial charge in [0.05, 0.1) is 6.10 Å². The molecule has 0 atom stereocenters. The second-order valence-corrected chi connectivity index (χ2v) is 6.78. The summed E-state index contributed by atoms with van der Waals surface area (Å²) in [4.78, 5) is 11.1. The second-order valence-electron chi connectivity index (χ2n) is 6.78. The first kappa shape index (κ1) is 23.4. The van der Waals surface area contributed by atoms with E-state index in [1.165, 1.54) is 0 Å². The molecule has 0 radical (unpaired) electrons. The van der Waals surface area contributed by atoms with E-state index in [1.54, 1.807) is 6.20 Å². The van der Waals surface area contributed by atoms with Gasteiger partial charge in [0, 0.05) is 45.0 Å². The summed E-state index contributed by atoms with van der Waals surface area (Å²) < 4.78 is 11.7. The van der Waals surface area contributed by atoms with Crippen LogP contribution in [0.5, 0.6) is 5.88 Å². The number of halogens is 1. The smallest absolute Gasteiger partial charge is 0.218 e. The Morgan fingerprint density at radius 3 is 2.62 bits per heavy atom. The highest BCUT2D eigenvalue weighted by atomic mass is 127. The number of likely N-dealkylation sites (tertiary alicyclic amines) is 1. The number of aromatic nitrogens is 1. The minimum atomic E-state index is 0. The first-order chi connectivity index (χ1) is 13.8. The van der Waals surface area contributed by atoms with Gasteiger partial charge in [0.15, 0.2) is 5.96 Å². The molecule has 1 aromatic carbocycles. The van der Waals surface area contributed by atoms with Gasteiger partial charge >= 0.3 is 0 Å². The molecule has 1 N–H and O–H groups in total. The predicted octanol–water partition coefficient (Wildman–Crippen LogP) is 3.85. The van der Waals surface area contributed by atoms with Gasteiger partial charge in [0.1, 0.15) is 6.61 Å². The summed E-state index contributed by atoms with van der Waals surface area (Å²) >= 11 is 0. The quantitative estimate of drug-likeness (QED) is 0.349.